The Hall–Kier alpha value is -6.11. The van der Waals surface area contributed by atoms with Gasteiger partial charge in [0.1, 0.15) is 11.3 Å². The van der Waals surface area contributed by atoms with E-state index in [0.717, 1.165) is 62.5 Å². The van der Waals surface area contributed by atoms with E-state index in [1.807, 2.05) is 6.07 Å². The molecule has 3 aliphatic heterocycles. The van der Waals surface area contributed by atoms with E-state index in [1.165, 1.54) is 42.2 Å². The molecule has 8 aliphatic rings. The molecule has 3 saturated carbocycles. The molecule has 4 heterocycles. The Morgan fingerprint density at radius 3 is 2.44 bits per heavy atom. The van der Waals surface area contributed by atoms with Crippen LogP contribution in [-0.2, 0) is 42.2 Å². The van der Waals surface area contributed by atoms with Gasteiger partial charge in [-0.15, -0.1) is 0 Å². The first-order chi connectivity index (χ1) is 38.6. The smallest absolute Gasteiger partial charge is 0.340 e. The van der Waals surface area contributed by atoms with Crippen molar-refractivity contribution < 1.29 is 48.3 Å². The van der Waals surface area contributed by atoms with Gasteiger partial charge in [0, 0.05) is 65.7 Å². The van der Waals surface area contributed by atoms with E-state index in [-0.39, 0.29) is 84.4 Å². The number of aliphatic hydroxyl groups excluding tert-OH is 3. The molecule has 1 aromatic heterocycles. The van der Waals surface area contributed by atoms with Crippen LogP contribution < -0.4 is 10.4 Å². The third-order valence-corrected chi connectivity index (χ3v) is 20.0. The van der Waals surface area contributed by atoms with Crippen molar-refractivity contribution in [3.63, 3.8) is 0 Å². The van der Waals surface area contributed by atoms with Gasteiger partial charge < -0.3 is 38.7 Å². The highest BCUT2D eigenvalue weighted by Crippen LogP contribution is 2.59. The van der Waals surface area contributed by atoms with Crippen LogP contribution in [0.3, 0.4) is 0 Å². The number of rotatable bonds is 9. The molecule has 0 radical (unpaired) electrons. The molecule has 2 bridgehead atoms. The average Bonchev–Trinajstić information content (AvgIpc) is 3.51. The first-order valence-corrected chi connectivity index (χ1v) is 29.5. The number of aliphatic hydroxyl groups is 3. The van der Waals surface area contributed by atoms with Gasteiger partial charge in [-0.05, 0) is 146 Å². The third-order valence-electron chi connectivity index (χ3n) is 20.0. The average molecular weight is 1070 g/mol. The molecule has 13 rings (SSSR count). The van der Waals surface area contributed by atoms with Crippen LogP contribution in [0.2, 0.25) is 0 Å². The Morgan fingerprint density at radius 2 is 1.62 bits per heavy atom. The van der Waals surface area contributed by atoms with Gasteiger partial charge in [0.15, 0.2) is 17.8 Å². The molecule has 11 heteroatoms. The van der Waals surface area contributed by atoms with Gasteiger partial charge in [-0.25, -0.2) is 9.59 Å². The predicted octanol–water partition coefficient (Wildman–Crippen LogP) is 12.3. The fourth-order valence-corrected chi connectivity index (χ4v) is 16.2. The molecule has 11 unspecified atom stereocenters. The van der Waals surface area contributed by atoms with Crippen LogP contribution in [0.25, 0.3) is 17.0 Å². The molecule has 414 valence electrons. The van der Waals surface area contributed by atoms with Crippen molar-refractivity contribution in [3.8, 4) is 5.75 Å². The Balaban J connectivity index is 0.994. The van der Waals surface area contributed by atoms with Gasteiger partial charge in [-0.2, -0.15) is 0 Å². The lowest BCUT2D eigenvalue weighted by atomic mass is 9.56. The summed E-state index contributed by atoms with van der Waals surface area (Å²) < 4.78 is 33.4. The second-order valence-corrected chi connectivity index (χ2v) is 24.1. The molecular weight excluding hydrogens is 993 g/mol. The largest absolute Gasteiger partial charge is 0.482 e. The number of benzene rings is 4. The Bertz CT molecular complexity index is 3250. The van der Waals surface area contributed by atoms with E-state index < -0.39 is 47.9 Å². The molecule has 11 nitrogen and oxygen atoms in total. The second-order valence-electron chi connectivity index (χ2n) is 24.1. The van der Waals surface area contributed by atoms with E-state index in [9.17, 15) is 20.1 Å². The number of hydrogen-bond donors (Lipinski definition) is 3. The maximum Gasteiger partial charge on any atom is 0.340 e. The van der Waals surface area contributed by atoms with Gasteiger partial charge in [-0.3, -0.25) is 4.79 Å². The summed E-state index contributed by atoms with van der Waals surface area (Å²) in [5.74, 6) is -0.988. The minimum Gasteiger partial charge on any atom is -0.482 e. The monoisotopic (exact) mass is 1070 g/mol. The lowest BCUT2D eigenvalue weighted by molar-refractivity contribution is -0.216. The van der Waals surface area contributed by atoms with E-state index in [4.69, 9.17) is 23.4 Å². The lowest BCUT2D eigenvalue weighted by Crippen LogP contribution is -2.63. The zero-order chi connectivity index (χ0) is 54.4. The van der Waals surface area contributed by atoms with Crippen molar-refractivity contribution in [2.75, 3.05) is 26.9 Å². The minimum absolute atomic E-state index is 0.00926. The molecule has 0 saturated heterocycles. The number of methoxy groups -OCH3 is 1. The number of fused-ring (bicyclic) bond motifs is 16. The van der Waals surface area contributed by atoms with E-state index in [1.54, 1.807) is 13.0 Å². The Labute approximate surface area is 463 Å². The number of carbonyl (C=O) groups is 2. The summed E-state index contributed by atoms with van der Waals surface area (Å²) in [6, 6.07) is 30.3. The normalized spacial score (nSPS) is 30.4. The second kappa shape index (κ2) is 22.4. The van der Waals surface area contributed by atoms with Crippen molar-refractivity contribution in [1.29, 1.82) is 0 Å². The quantitative estimate of drug-likeness (QED) is 0.0557. The fraction of sp³-hybridized carbons (Fsp3) is 0.485. The van der Waals surface area contributed by atoms with E-state index in [2.05, 4.69) is 97.1 Å². The molecule has 5 aliphatic carbocycles. The first kappa shape index (κ1) is 53.5. The molecule has 5 aromatic rings. The van der Waals surface area contributed by atoms with Crippen LogP contribution in [0.4, 0.5) is 0 Å². The molecule has 1 spiro atoms. The highest BCUT2D eigenvalue weighted by molar-refractivity contribution is 5.90. The summed E-state index contributed by atoms with van der Waals surface area (Å²) in [5, 5.41) is 32.4. The van der Waals surface area contributed by atoms with Crippen LogP contribution >= 0.6 is 0 Å². The Morgan fingerprint density at radius 1 is 0.797 bits per heavy atom. The maximum atomic E-state index is 15.6. The van der Waals surface area contributed by atoms with Gasteiger partial charge in [0.05, 0.1) is 25.4 Å². The number of hydrogen-bond acceptors (Lipinski definition) is 11. The van der Waals surface area contributed by atoms with Crippen molar-refractivity contribution in [1.82, 2.24) is 0 Å². The number of ether oxygens (including phenoxy) is 4. The van der Waals surface area contributed by atoms with Gasteiger partial charge >= 0.3 is 17.6 Å². The topological polar surface area (TPSA) is 162 Å². The van der Waals surface area contributed by atoms with Crippen LogP contribution in [0.5, 0.6) is 5.75 Å². The molecule has 0 amide bonds. The van der Waals surface area contributed by atoms with Crippen molar-refractivity contribution in [3.05, 3.63) is 175 Å². The van der Waals surface area contributed by atoms with E-state index >= 15 is 9.59 Å². The summed E-state index contributed by atoms with van der Waals surface area (Å²) in [7, 11) is 1.52. The van der Waals surface area contributed by atoms with Gasteiger partial charge in [0.2, 0.25) is 0 Å². The molecule has 4 aromatic carbocycles. The summed E-state index contributed by atoms with van der Waals surface area (Å²) in [4.78, 5) is 45.4. The molecule has 3 N–H and O–H groups in total. The van der Waals surface area contributed by atoms with Crippen LogP contribution in [0.1, 0.15) is 177 Å². The van der Waals surface area contributed by atoms with E-state index in [0.29, 0.717) is 59.4 Å². The molecule has 79 heavy (non-hydrogen) atoms. The van der Waals surface area contributed by atoms with Crippen molar-refractivity contribution in [2.45, 2.75) is 157 Å². The summed E-state index contributed by atoms with van der Waals surface area (Å²) in [5.41, 5.74) is 7.10. The Kier molecular flexibility index (Phi) is 15.2. The number of carbonyl (C=O) groups excluding carboxylic acids is 2. The lowest BCUT2D eigenvalue weighted by Gasteiger charge is -2.56. The zero-order valence-corrected chi connectivity index (χ0v) is 45.8. The standard InChI is InChI=1S/C68H76O11/c1-41(38-70)52-27-21-42-19-22-43(23-20-42)53-28-25-47(46-13-9-16-51(36-46)67-32-8-7-15-50(67)26-24-45-12-3-5-17-56(45)67)35-49(53)37-59(72)76-63-61-58(79-68(64(63)78-65(52)73)33-10-14-44-11-4-6-18-57(44)68)30-29-54-55(39-71)60(66(74)77-62(54)61)48(31-34-69)40-75-2/h3,5,9,12-13,16-17,19-20,22-26,28-30,36,44,47-50,53,57,63-64,69-71H,4,6-8,10-11,14-15,18,21,27,31-35,37-40H2,1-2H3. The number of esters is 2. The molecule has 11 atom stereocenters. The minimum atomic E-state index is -1.29. The van der Waals surface area contributed by atoms with Crippen LogP contribution in [-0.4, -0.2) is 65.9 Å². The molecular formula is C68H76O11. The van der Waals surface area contributed by atoms with Gasteiger partial charge in [0.25, 0.3) is 0 Å². The SMILES string of the molecule is COCC(CCO)c1c(CO)c2ccc3c(c2oc1=O)C1OC(=O)CC2CC(c4cccc(C56CCCCC5C=Cc5ccccc56)c4)C=CC2c2ccc(cc2)CCC(=C(C)CO)C(=O)OC1C1(CCCC2CCCCC21)O3. The van der Waals surface area contributed by atoms with Crippen LogP contribution in [0.15, 0.2) is 124 Å². The highest BCUT2D eigenvalue weighted by Gasteiger charge is 2.62. The predicted molar refractivity (Wildman–Crippen MR) is 303 cm³/mol. The third kappa shape index (κ3) is 9.54. The van der Waals surface area contributed by atoms with Gasteiger partial charge in [-0.1, -0.05) is 129 Å². The van der Waals surface area contributed by atoms with Crippen LogP contribution in [0, 0.1) is 23.7 Å². The number of allylic oxidation sites excluding steroid dienone is 3. The highest BCUT2D eigenvalue weighted by atomic mass is 16.6. The number of aryl methyl sites for hydroxylation is 1. The summed E-state index contributed by atoms with van der Waals surface area (Å²) in [6.45, 7) is 0.751. The zero-order valence-electron chi connectivity index (χ0n) is 45.8. The maximum absolute atomic E-state index is 15.6. The summed E-state index contributed by atoms with van der Waals surface area (Å²) >= 11 is 0. The van der Waals surface area contributed by atoms with Crippen molar-refractivity contribution >= 4 is 29.0 Å². The summed E-state index contributed by atoms with van der Waals surface area (Å²) in [6.07, 6.45) is 19.5. The van der Waals surface area contributed by atoms with Crippen molar-refractivity contribution in [2.24, 2.45) is 23.7 Å². The molecule has 3 fully saturated rings. The first-order valence-electron chi connectivity index (χ1n) is 29.5. The fourth-order valence-electron chi connectivity index (χ4n) is 16.2.